The van der Waals surface area contributed by atoms with E-state index in [4.69, 9.17) is 4.74 Å². The SMILES string of the molecule is Cc1ccc(S(=O)(=O)N2C[C@H](C(=O)Nc3ccc4c(c3)sc(=O)n4C(C)C)Oc3ccccc32)cc1. The summed E-state index contributed by atoms with van der Waals surface area (Å²) in [4.78, 5) is 25.7. The number of thiazole rings is 1. The number of carbonyl (C=O) groups is 1. The Morgan fingerprint density at radius 2 is 1.81 bits per heavy atom. The van der Waals surface area contributed by atoms with E-state index in [0.717, 1.165) is 27.1 Å². The summed E-state index contributed by atoms with van der Waals surface area (Å²) in [5.74, 6) is -0.175. The third-order valence-electron chi connectivity index (χ3n) is 6.03. The number of amides is 1. The minimum atomic E-state index is -3.93. The van der Waals surface area contributed by atoms with Gasteiger partial charge in [-0.15, -0.1) is 0 Å². The number of nitrogens with zero attached hydrogens (tertiary/aromatic N) is 2. The first kappa shape index (κ1) is 24.1. The minimum absolute atomic E-state index is 0.0175. The van der Waals surface area contributed by atoms with Gasteiger partial charge in [-0.3, -0.25) is 18.5 Å². The van der Waals surface area contributed by atoms with Crippen molar-refractivity contribution >= 4 is 48.9 Å². The Hall–Kier alpha value is -3.63. The molecule has 0 spiro atoms. The second-order valence-electron chi connectivity index (χ2n) is 8.93. The van der Waals surface area contributed by atoms with Gasteiger partial charge in [0.2, 0.25) is 0 Å². The zero-order valence-corrected chi connectivity index (χ0v) is 21.6. The summed E-state index contributed by atoms with van der Waals surface area (Å²) in [7, 11) is -3.93. The van der Waals surface area contributed by atoms with Crippen LogP contribution in [-0.4, -0.2) is 31.5 Å². The molecule has 2 heterocycles. The fourth-order valence-corrected chi connectivity index (χ4v) is 6.76. The van der Waals surface area contributed by atoms with Crippen LogP contribution >= 0.6 is 11.3 Å². The van der Waals surface area contributed by atoms with Crippen molar-refractivity contribution in [2.75, 3.05) is 16.2 Å². The van der Waals surface area contributed by atoms with Crippen LogP contribution in [0.15, 0.2) is 76.4 Å². The summed E-state index contributed by atoms with van der Waals surface area (Å²) >= 11 is 1.11. The molecule has 5 rings (SSSR count). The van der Waals surface area contributed by atoms with Crippen LogP contribution in [0.3, 0.4) is 0 Å². The number of aryl methyl sites for hydroxylation is 1. The van der Waals surface area contributed by atoms with Gasteiger partial charge in [-0.2, -0.15) is 0 Å². The Bertz CT molecular complexity index is 1620. The molecule has 36 heavy (non-hydrogen) atoms. The Morgan fingerprint density at radius 1 is 1.08 bits per heavy atom. The first-order chi connectivity index (χ1) is 17.1. The summed E-state index contributed by atoms with van der Waals surface area (Å²) < 4.78 is 36.7. The van der Waals surface area contributed by atoms with Crippen LogP contribution in [0.1, 0.15) is 25.5 Å². The fourth-order valence-electron chi connectivity index (χ4n) is 4.23. The topological polar surface area (TPSA) is 97.7 Å². The highest BCUT2D eigenvalue weighted by molar-refractivity contribution is 7.92. The van der Waals surface area contributed by atoms with Crippen LogP contribution in [0.25, 0.3) is 10.2 Å². The van der Waals surface area contributed by atoms with Gasteiger partial charge in [0.25, 0.3) is 15.9 Å². The van der Waals surface area contributed by atoms with Gasteiger partial charge in [0.1, 0.15) is 5.75 Å². The molecular weight excluding hydrogens is 498 g/mol. The third kappa shape index (κ3) is 4.27. The van der Waals surface area contributed by atoms with Gasteiger partial charge in [-0.1, -0.05) is 41.2 Å². The summed E-state index contributed by atoms with van der Waals surface area (Å²) in [6.07, 6.45) is -1.07. The summed E-state index contributed by atoms with van der Waals surface area (Å²) in [6, 6.07) is 18.6. The normalized spacial score (nSPS) is 15.6. The largest absolute Gasteiger partial charge is 0.476 e. The van der Waals surface area contributed by atoms with Crippen LogP contribution in [0.5, 0.6) is 5.75 Å². The Kier molecular flexibility index (Phi) is 6.09. The minimum Gasteiger partial charge on any atom is -0.476 e. The lowest BCUT2D eigenvalue weighted by atomic mass is 10.2. The van der Waals surface area contributed by atoms with E-state index in [2.05, 4.69) is 5.32 Å². The number of hydrogen-bond acceptors (Lipinski definition) is 6. The monoisotopic (exact) mass is 523 g/mol. The van der Waals surface area contributed by atoms with E-state index in [1.807, 2.05) is 20.8 Å². The maximum Gasteiger partial charge on any atom is 0.308 e. The van der Waals surface area contributed by atoms with Crippen molar-refractivity contribution in [2.24, 2.45) is 0 Å². The first-order valence-corrected chi connectivity index (χ1v) is 13.7. The second kappa shape index (κ2) is 9.11. The molecule has 1 aliphatic rings. The summed E-state index contributed by atoms with van der Waals surface area (Å²) in [6.45, 7) is 5.59. The molecule has 1 amide bonds. The number of hydrogen-bond donors (Lipinski definition) is 1. The van der Waals surface area contributed by atoms with Crippen molar-refractivity contribution in [2.45, 2.75) is 37.8 Å². The van der Waals surface area contributed by atoms with Gasteiger partial charge in [0.05, 0.1) is 27.3 Å². The molecule has 1 aliphatic heterocycles. The molecule has 8 nitrogen and oxygen atoms in total. The van der Waals surface area contributed by atoms with Crippen molar-refractivity contribution in [1.82, 2.24) is 4.57 Å². The lowest BCUT2D eigenvalue weighted by molar-refractivity contribution is -0.122. The maximum absolute atomic E-state index is 13.5. The molecule has 0 saturated heterocycles. The molecule has 3 aromatic carbocycles. The van der Waals surface area contributed by atoms with Gasteiger partial charge in [0, 0.05) is 11.7 Å². The number of nitrogens with one attached hydrogen (secondary N) is 1. The molecule has 4 aromatic rings. The fraction of sp³-hybridized carbons (Fsp3) is 0.231. The first-order valence-electron chi connectivity index (χ1n) is 11.5. The standard InChI is InChI=1S/C26H25N3O5S2/c1-16(2)29-21-13-10-18(14-24(21)35-26(29)31)27-25(30)23-15-28(20-6-4-5-7-22(20)34-23)36(32,33)19-11-8-17(3)9-12-19/h4-14,16,23H,15H2,1-3H3,(H,27,30)/t23-/m1/s1. The van der Waals surface area contributed by atoms with Crippen molar-refractivity contribution in [3.63, 3.8) is 0 Å². The number of benzene rings is 3. The lowest BCUT2D eigenvalue weighted by Gasteiger charge is -2.34. The van der Waals surface area contributed by atoms with Crippen LogP contribution in [0, 0.1) is 6.92 Å². The zero-order chi connectivity index (χ0) is 25.6. The molecule has 0 radical (unpaired) electrons. The molecule has 10 heteroatoms. The van der Waals surface area contributed by atoms with Crippen molar-refractivity contribution in [3.05, 3.63) is 82.0 Å². The average Bonchev–Trinajstić information content (AvgIpc) is 3.18. The third-order valence-corrected chi connectivity index (χ3v) is 8.75. The van der Waals surface area contributed by atoms with E-state index in [-0.39, 0.29) is 22.4 Å². The molecule has 1 N–H and O–H groups in total. The van der Waals surface area contributed by atoms with Crippen molar-refractivity contribution < 1.29 is 17.9 Å². The molecule has 1 aromatic heterocycles. The van der Waals surface area contributed by atoms with Crippen molar-refractivity contribution in [3.8, 4) is 5.75 Å². The molecule has 186 valence electrons. The van der Waals surface area contributed by atoms with E-state index in [0.29, 0.717) is 17.1 Å². The highest BCUT2D eigenvalue weighted by Gasteiger charge is 2.37. The number of carbonyl (C=O) groups excluding carboxylic acids is 1. The average molecular weight is 524 g/mol. The van der Waals surface area contributed by atoms with Crippen LogP contribution in [-0.2, 0) is 14.8 Å². The van der Waals surface area contributed by atoms with Gasteiger partial charge < -0.3 is 10.1 Å². The zero-order valence-electron chi connectivity index (χ0n) is 20.0. The number of rotatable bonds is 5. The number of anilines is 2. The van der Waals surface area contributed by atoms with Crippen LogP contribution in [0.4, 0.5) is 11.4 Å². The smallest absolute Gasteiger partial charge is 0.308 e. The van der Waals surface area contributed by atoms with E-state index >= 15 is 0 Å². The number of para-hydroxylation sites is 2. The van der Waals surface area contributed by atoms with Gasteiger partial charge in [-0.05, 0) is 63.2 Å². The predicted octanol–water partition coefficient (Wildman–Crippen LogP) is 4.55. The van der Waals surface area contributed by atoms with Crippen LogP contribution in [0.2, 0.25) is 0 Å². The van der Waals surface area contributed by atoms with Gasteiger partial charge in [-0.25, -0.2) is 8.42 Å². The van der Waals surface area contributed by atoms with E-state index < -0.39 is 22.0 Å². The van der Waals surface area contributed by atoms with E-state index in [9.17, 15) is 18.0 Å². The maximum atomic E-state index is 13.5. The number of fused-ring (bicyclic) bond motifs is 2. The van der Waals surface area contributed by atoms with E-state index in [1.54, 1.807) is 71.3 Å². The number of sulfonamides is 1. The molecule has 0 fully saturated rings. The van der Waals surface area contributed by atoms with E-state index in [1.165, 1.54) is 4.31 Å². The highest BCUT2D eigenvalue weighted by atomic mass is 32.2. The summed E-state index contributed by atoms with van der Waals surface area (Å²) in [5, 5.41) is 2.82. The Labute approximate surface area is 212 Å². The molecule has 0 unspecified atom stereocenters. The Balaban J connectivity index is 1.44. The summed E-state index contributed by atoms with van der Waals surface area (Å²) in [5.41, 5.74) is 2.62. The number of aromatic nitrogens is 1. The second-order valence-corrected chi connectivity index (χ2v) is 11.8. The predicted molar refractivity (Wildman–Crippen MR) is 142 cm³/mol. The molecular formula is C26H25N3O5S2. The Morgan fingerprint density at radius 3 is 2.53 bits per heavy atom. The van der Waals surface area contributed by atoms with Crippen molar-refractivity contribution in [1.29, 1.82) is 0 Å². The van der Waals surface area contributed by atoms with Crippen LogP contribution < -0.4 is 19.2 Å². The van der Waals surface area contributed by atoms with Gasteiger partial charge in [0.15, 0.2) is 6.10 Å². The molecule has 0 aliphatic carbocycles. The van der Waals surface area contributed by atoms with Gasteiger partial charge >= 0.3 is 4.87 Å². The quantitative estimate of drug-likeness (QED) is 0.414. The molecule has 0 bridgehead atoms. The molecule has 0 saturated carbocycles. The molecule has 1 atom stereocenters. The highest BCUT2D eigenvalue weighted by Crippen LogP contribution is 2.37. The lowest BCUT2D eigenvalue weighted by Crippen LogP contribution is -2.48. The number of ether oxygens (including phenoxy) is 1.